The molecule has 0 bridgehead atoms. The fourth-order valence-electron chi connectivity index (χ4n) is 2.40. The summed E-state index contributed by atoms with van der Waals surface area (Å²) in [7, 11) is 1.82. The second kappa shape index (κ2) is 4.43. The van der Waals surface area contributed by atoms with E-state index in [0.29, 0.717) is 0 Å². The van der Waals surface area contributed by atoms with E-state index in [0.717, 1.165) is 16.9 Å². The highest BCUT2D eigenvalue weighted by Crippen LogP contribution is 2.35. The van der Waals surface area contributed by atoms with Crippen molar-refractivity contribution < 1.29 is 4.79 Å². The van der Waals surface area contributed by atoms with Crippen LogP contribution in [0.25, 0.3) is 0 Å². The van der Waals surface area contributed by atoms with Crippen LogP contribution in [0.3, 0.4) is 0 Å². The molecule has 3 rings (SSSR count). The Morgan fingerprint density at radius 3 is 2.47 bits per heavy atom. The summed E-state index contributed by atoms with van der Waals surface area (Å²) in [5, 5.41) is 3.32. The third kappa shape index (κ3) is 1.97. The second-order valence-electron chi connectivity index (χ2n) is 4.90. The van der Waals surface area contributed by atoms with Gasteiger partial charge in [0.05, 0.1) is 11.4 Å². The molecule has 1 N–H and O–H groups in total. The van der Waals surface area contributed by atoms with Gasteiger partial charge in [-0.3, -0.25) is 4.79 Å². The van der Waals surface area contributed by atoms with Gasteiger partial charge in [0, 0.05) is 7.05 Å². The van der Waals surface area contributed by atoms with Crippen molar-refractivity contribution in [3.05, 3.63) is 59.7 Å². The van der Waals surface area contributed by atoms with E-state index in [1.165, 1.54) is 5.56 Å². The minimum Gasteiger partial charge on any atom is -0.368 e. The number of rotatable bonds is 1. The van der Waals surface area contributed by atoms with Crippen LogP contribution in [0, 0.1) is 6.92 Å². The summed E-state index contributed by atoms with van der Waals surface area (Å²) in [5.41, 5.74) is 4.11. The molecule has 1 aliphatic rings. The average molecular weight is 252 g/mol. The number of nitrogens with one attached hydrogen (secondary N) is 1. The molecule has 0 aliphatic carbocycles. The van der Waals surface area contributed by atoms with Gasteiger partial charge >= 0.3 is 0 Å². The third-order valence-electron chi connectivity index (χ3n) is 3.55. The highest BCUT2D eigenvalue weighted by Gasteiger charge is 2.30. The summed E-state index contributed by atoms with van der Waals surface area (Å²) >= 11 is 0. The number of hydrogen-bond donors (Lipinski definition) is 1. The van der Waals surface area contributed by atoms with E-state index < -0.39 is 0 Å². The van der Waals surface area contributed by atoms with Gasteiger partial charge in [0.2, 0.25) is 0 Å². The number of hydrogen-bond acceptors (Lipinski definition) is 2. The molecule has 1 heterocycles. The van der Waals surface area contributed by atoms with Gasteiger partial charge in [-0.15, -0.1) is 0 Å². The van der Waals surface area contributed by atoms with Crippen molar-refractivity contribution in [1.29, 1.82) is 0 Å². The highest BCUT2D eigenvalue weighted by molar-refractivity contribution is 6.04. The monoisotopic (exact) mass is 252 g/mol. The van der Waals surface area contributed by atoms with Crippen LogP contribution >= 0.6 is 0 Å². The lowest BCUT2D eigenvalue weighted by Crippen LogP contribution is -2.39. The summed E-state index contributed by atoms with van der Waals surface area (Å²) in [4.78, 5) is 14.2. The van der Waals surface area contributed by atoms with Gasteiger partial charge in [0.1, 0.15) is 6.04 Å². The number of para-hydroxylation sites is 2. The van der Waals surface area contributed by atoms with Gasteiger partial charge in [-0.25, -0.2) is 0 Å². The SMILES string of the molecule is Cc1ccc([C@@H]2Nc3ccccc3N(C)C2=O)cc1. The number of carbonyl (C=O) groups excluding carboxylic acids is 1. The molecule has 0 aromatic heterocycles. The molecule has 2 aromatic carbocycles. The molecule has 0 radical (unpaired) electrons. The van der Waals surface area contributed by atoms with E-state index >= 15 is 0 Å². The van der Waals surface area contributed by atoms with E-state index in [2.05, 4.69) is 5.32 Å². The summed E-state index contributed by atoms with van der Waals surface area (Å²) in [6.07, 6.45) is 0. The standard InChI is InChI=1S/C16H16N2O/c1-11-7-9-12(10-8-11)15-16(19)18(2)14-6-4-3-5-13(14)17-15/h3-10,15,17H,1-2H3/t15-/m0/s1. The Labute approximate surface area is 112 Å². The van der Waals surface area contributed by atoms with Crippen molar-refractivity contribution in [2.24, 2.45) is 0 Å². The topological polar surface area (TPSA) is 32.3 Å². The van der Waals surface area contributed by atoms with Gasteiger partial charge < -0.3 is 10.2 Å². The summed E-state index contributed by atoms with van der Waals surface area (Å²) in [6, 6.07) is 15.6. The molecular formula is C16H16N2O. The number of amides is 1. The van der Waals surface area contributed by atoms with Gasteiger partial charge in [0.25, 0.3) is 5.91 Å². The van der Waals surface area contributed by atoms with E-state index in [4.69, 9.17) is 0 Å². The molecule has 1 atom stereocenters. The molecule has 0 unspecified atom stereocenters. The predicted octanol–water partition coefficient (Wildman–Crippen LogP) is 3.12. The van der Waals surface area contributed by atoms with Crippen LogP contribution in [-0.2, 0) is 4.79 Å². The first-order valence-corrected chi connectivity index (χ1v) is 6.36. The number of fused-ring (bicyclic) bond motifs is 1. The lowest BCUT2D eigenvalue weighted by molar-refractivity contribution is -0.119. The second-order valence-corrected chi connectivity index (χ2v) is 4.90. The van der Waals surface area contributed by atoms with Gasteiger partial charge in [-0.05, 0) is 24.6 Å². The van der Waals surface area contributed by atoms with E-state index in [1.54, 1.807) is 4.90 Å². The molecular weight excluding hydrogens is 236 g/mol. The van der Waals surface area contributed by atoms with Crippen LogP contribution in [0.4, 0.5) is 11.4 Å². The molecule has 2 aromatic rings. The fraction of sp³-hybridized carbons (Fsp3) is 0.188. The van der Waals surface area contributed by atoms with E-state index in [-0.39, 0.29) is 11.9 Å². The zero-order valence-corrected chi connectivity index (χ0v) is 11.1. The Kier molecular flexibility index (Phi) is 2.75. The minimum atomic E-state index is -0.305. The summed E-state index contributed by atoms with van der Waals surface area (Å²) < 4.78 is 0. The molecule has 19 heavy (non-hydrogen) atoms. The number of likely N-dealkylation sites (N-methyl/N-ethyl adjacent to an activating group) is 1. The maximum absolute atomic E-state index is 12.4. The van der Waals surface area contributed by atoms with Crippen LogP contribution in [-0.4, -0.2) is 13.0 Å². The number of nitrogens with zero attached hydrogens (tertiary/aromatic N) is 1. The molecule has 0 fully saturated rings. The molecule has 1 amide bonds. The number of aryl methyl sites for hydroxylation is 1. The normalized spacial score (nSPS) is 17.9. The molecule has 0 spiro atoms. The van der Waals surface area contributed by atoms with Crippen LogP contribution in [0.1, 0.15) is 17.2 Å². The smallest absolute Gasteiger partial charge is 0.253 e. The predicted molar refractivity (Wildman–Crippen MR) is 77.4 cm³/mol. The molecule has 96 valence electrons. The molecule has 0 saturated heterocycles. The van der Waals surface area contributed by atoms with E-state index in [9.17, 15) is 4.79 Å². The highest BCUT2D eigenvalue weighted by atomic mass is 16.2. The zero-order valence-electron chi connectivity index (χ0n) is 11.1. The maximum atomic E-state index is 12.4. The number of benzene rings is 2. The van der Waals surface area contributed by atoms with Crippen molar-refractivity contribution in [2.75, 3.05) is 17.3 Å². The van der Waals surface area contributed by atoms with Crippen molar-refractivity contribution in [2.45, 2.75) is 13.0 Å². The number of carbonyl (C=O) groups is 1. The first-order valence-electron chi connectivity index (χ1n) is 6.36. The first kappa shape index (κ1) is 11.8. The molecule has 0 saturated carbocycles. The summed E-state index contributed by atoms with van der Waals surface area (Å²) in [6.45, 7) is 2.04. The third-order valence-corrected chi connectivity index (χ3v) is 3.55. The first-order chi connectivity index (χ1) is 9.16. The van der Waals surface area contributed by atoms with Crippen LogP contribution in [0.2, 0.25) is 0 Å². The van der Waals surface area contributed by atoms with Crippen LogP contribution in [0.5, 0.6) is 0 Å². The number of anilines is 2. The molecule has 3 nitrogen and oxygen atoms in total. The van der Waals surface area contributed by atoms with Crippen molar-refractivity contribution in [3.8, 4) is 0 Å². The fourth-order valence-corrected chi connectivity index (χ4v) is 2.40. The molecule has 1 aliphatic heterocycles. The summed E-state index contributed by atoms with van der Waals surface area (Å²) in [5.74, 6) is 0.0718. The quantitative estimate of drug-likeness (QED) is 0.845. The Morgan fingerprint density at radius 1 is 1.05 bits per heavy atom. The Balaban J connectivity index is 2.01. The van der Waals surface area contributed by atoms with Crippen molar-refractivity contribution >= 4 is 17.3 Å². The maximum Gasteiger partial charge on any atom is 0.253 e. The van der Waals surface area contributed by atoms with Gasteiger partial charge in [-0.1, -0.05) is 42.0 Å². The largest absolute Gasteiger partial charge is 0.368 e. The zero-order chi connectivity index (χ0) is 13.4. The van der Waals surface area contributed by atoms with E-state index in [1.807, 2.05) is 62.5 Å². The van der Waals surface area contributed by atoms with Crippen LogP contribution in [0.15, 0.2) is 48.5 Å². The Morgan fingerprint density at radius 2 is 1.74 bits per heavy atom. The van der Waals surface area contributed by atoms with Gasteiger partial charge in [-0.2, -0.15) is 0 Å². The lowest BCUT2D eigenvalue weighted by atomic mass is 10.0. The van der Waals surface area contributed by atoms with Crippen molar-refractivity contribution in [1.82, 2.24) is 0 Å². The minimum absolute atomic E-state index is 0.0718. The lowest BCUT2D eigenvalue weighted by Gasteiger charge is -2.33. The Bertz CT molecular complexity index is 619. The average Bonchev–Trinajstić information content (AvgIpc) is 2.44. The Hall–Kier alpha value is -2.29. The van der Waals surface area contributed by atoms with Gasteiger partial charge in [0.15, 0.2) is 0 Å². The van der Waals surface area contributed by atoms with Crippen molar-refractivity contribution in [3.63, 3.8) is 0 Å². The van der Waals surface area contributed by atoms with Crippen LogP contribution < -0.4 is 10.2 Å². The molecule has 3 heteroatoms.